The Morgan fingerprint density at radius 1 is 1.21 bits per heavy atom. The summed E-state index contributed by atoms with van der Waals surface area (Å²) in [5.41, 5.74) is 1.99. The molecule has 0 fully saturated rings. The molecule has 128 valence electrons. The zero-order chi connectivity index (χ0) is 17.9. The summed E-state index contributed by atoms with van der Waals surface area (Å²) in [5.74, 6) is 0.538. The van der Waals surface area contributed by atoms with Crippen LogP contribution in [0.1, 0.15) is 42.3 Å². The van der Waals surface area contributed by atoms with Crippen LogP contribution in [0.3, 0.4) is 0 Å². The smallest absolute Gasteiger partial charge is 0.253 e. The minimum atomic E-state index is -0.315. The summed E-state index contributed by atoms with van der Waals surface area (Å²) in [7, 11) is 1.62. The molecular formula is C19H24N2O3. The lowest BCUT2D eigenvalue weighted by Crippen LogP contribution is -2.27. The van der Waals surface area contributed by atoms with Crippen LogP contribution in [0.25, 0.3) is 0 Å². The molecule has 0 spiro atoms. The molecular weight excluding hydrogens is 304 g/mol. The molecule has 1 aromatic carbocycles. The summed E-state index contributed by atoms with van der Waals surface area (Å²) >= 11 is 0. The molecule has 1 heterocycles. The molecule has 2 aromatic rings. The van der Waals surface area contributed by atoms with Crippen LogP contribution in [-0.2, 0) is 13.6 Å². The fraction of sp³-hybridized carbons (Fsp3) is 0.368. The van der Waals surface area contributed by atoms with Crippen LogP contribution >= 0.6 is 0 Å². The van der Waals surface area contributed by atoms with Crippen LogP contribution in [0.15, 0.2) is 41.3 Å². The van der Waals surface area contributed by atoms with E-state index in [0.717, 1.165) is 16.9 Å². The topological polar surface area (TPSA) is 60.3 Å². The van der Waals surface area contributed by atoms with Crippen LogP contribution in [-0.4, -0.2) is 16.1 Å². The van der Waals surface area contributed by atoms with Gasteiger partial charge in [0.25, 0.3) is 5.91 Å². The second-order valence-corrected chi connectivity index (χ2v) is 6.88. The Bertz CT molecular complexity index is 801. The number of nitrogens with zero attached hydrogens (tertiary/aromatic N) is 1. The van der Waals surface area contributed by atoms with Gasteiger partial charge in [0.2, 0.25) is 5.56 Å². The summed E-state index contributed by atoms with van der Waals surface area (Å²) < 4.78 is 7.37. The van der Waals surface area contributed by atoms with Crippen LogP contribution in [0, 0.1) is 6.92 Å². The van der Waals surface area contributed by atoms with Crippen molar-refractivity contribution >= 4 is 5.91 Å². The third kappa shape index (κ3) is 4.72. The highest BCUT2D eigenvalue weighted by Crippen LogP contribution is 2.24. The molecule has 0 atom stereocenters. The van der Waals surface area contributed by atoms with E-state index >= 15 is 0 Å². The van der Waals surface area contributed by atoms with Crippen LogP contribution in [0.5, 0.6) is 5.75 Å². The largest absolute Gasteiger partial charge is 0.488 e. The van der Waals surface area contributed by atoms with E-state index in [1.165, 1.54) is 22.9 Å². The molecule has 5 heteroatoms. The molecule has 24 heavy (non-hydrogen) atoms. The second kappa shape index (κ2) is 6.91. The first-order valence-electron chi connectivity index (χ1n) is 7.89. The van der Waals surface area contributed by atoms with Crippen molar-refractivity contribution in [2.45, 2.75) is 39.8 Å². The Morgan fingerprint density at radius 3 is 2.54 bits per heavy atom. The fourth-order valence-corrected chi connectivity index (χ4v) is 2.24. The van der Waals surface area contributed by atoms with Crippen molar-refractivity contribution < 1.29 is 9.53 Å². The normalized spacial score (nSPS) is 11.2. The molecule has 0 saturated heterocycles. The van der Waals surface area contributed by atoms with Crippen molar-refractivity contribution in [3.05, 3.63) is 63.6 Å². The third-order valence-electron chi connectivity index (χ3n) is 3.43. The fourth-order valence-electron chi connectivity index (χ4n) is 2.24. The van der Waals surface area contributed by atoms with Gasteiger partial charge in [0.15, 0.2) is 0 Å². The molecule has 1 N–H and O–H groups in total. The molecule has 0 radical (unpaired) electrons. The highest BCUT2D eigenvalue weighted by atomic mass is 16.5. The van der Waals surface area contributed by atoms with Crippen molar-refractivity contribution in [3.63, 3.8) is 0 Å². The Labute approximate surface area is 142 Å². The van der Waals surface area contributed by atoms with Gasteiger partial charge in [-0.15, -0.1) is 0 Å². The van der Waals surface area contributed by atoms with Crippen molar-refractivity contribution in [3.8, 4) is 5.75 Å². The van der Waals surface area contributed by atoms with E-state index in [1.54, 1.807) is 7.05 Å². The maximum Gasteiger partial charge on any atom is 0.253 e. The van der Waals surface area contributed by atoms with Crippen molar-refractivity contribution in [1.29, 1.82) is 0 Å². The summed E-state index contributed by atoms with van der Waals surface area (Å²) in [5, 5.41) is 2.87. The molecule has 0 unspecified atom stereocenters. The predicted octanol–water partition coefficient (Wildman–Crippen LogP) is 2.80. The van der Waals surface area contributed by atoms with E-state index in [-0.39, 0.29) is 17.1 Å². The highest BCUT2D eigenvalue weighted by molar-refractivity contribution is 5.93. The molecule has 1 aromatic heterocycles. The summed E-state index contributed by atoms with van der Waals surface area (Å²) in [6.07, 6.45) is 1.53. The molecule has 0 aliphatic carbocycles. The van der Waals surface area contributed by atoms with Gasteiger partial charge in [0.05, 0.1) is 5.56 Å². The molecule has 1 amide bonds. The lowest BCUT2D eigenvalue weighted by Gasteiger charge is -2.23. The number of nitrogens with one attached hydrogen (secondary N) is 1. The van der Waals surface area contributed by atoms with E-state index in [2.05, 4.69) is 5.32 Å². The molecule has 5 nitrogen and oxygen atoms in total. The van der Waals surface area contributed by atoms with Gasteiger partial charge in [-0.3, -0.25) is 9.59 Å². The SMILES string of the molecule is Cc1ccc(CNC(=O)c2ccc(=O)n(C)c2)c(OC(C)(C)C)c1. The average Bonchev–Trinajstić information content (AvgIpc) is 2.47. The summed E-state index contributed by atoms with van der Waals surface area (Å²) in [4.78, 5) is 23.7. The number of amides is 1. The number of pyridine rings is 1. The first kappa shape index (κ1) is 17.8. The summed E-state index contributed by atoms with van der Waals surface area (Å²) in [6, 6.07) is 8.83. The zero-order valence-corrected chi connectivity index (χ0v) is 14.8. The van der Waals surface area contributed by atoms with Crippen LogP contribution in [0.4, 0.5) is 0 Å². The first-order chi connectivity index (χ1) is 11.2. The number of hydrogen-bond acceptors (Lipinski definition) is 3. The van der Waals surface area contributed by atoms with E-state index in [0.29, 0.717) is 12.1 Å². The molecule has 0 aliphatic rings. The van der Waals surface area contributed by atoms with Gasteiger partial charge in [-0.1, -0.05) is 12.1 Å². The monoisotopic (exact) mass is 328 g/mol. The van der Waals surface area contributed by atoms with E-state index in [4.69, 9.17) is 4.74 Å². The minimum absolute atomic E-state index is 0.147. The number of rotatable bonds is 4. The number of aryl methyl sites for hydroxylation is 2. The average molecular weight is 328 g/mol. The van der Waals surface area contributed by atoms with Gasteiger partial charge in [-0.25, -0.2) is 0 Å². The standard InChI is InChI=1S/C19H24N2O3/c1-13-6-7-14(16(10-13)24-19(2,3)4)11-20-18(23)15-8-9-17(22)21(5)12-15/h6-10,12H,11H2,1-5H3,(H,20,23). The molecule has 0 saturated carbocycles. The van der Waals surface area contributed by atoms with Crippen LogP contribution in [0.2, 0.25) is 0 Å². The van der Waals surface area contributed by atoms with Crippen molar-refractivity contribution in [1.82, 2.24) is 9.88 Å². The number of ether oxygens (including phenoxy) is 1. The van der Waals surface area contributed by atoms with Gasteiger partial charge >= 0.3 is 0 Å². The van der Waals surface area contributed by atoms with Gasteiger partial charge in [-0.05, 0) is 45.4 Å². The highest BCUT2D eigenvalue weighted by Gasteiger charge is 2.15. The Hall–Kier alpha value is -2.56. The Kier molecular flexibility index (Phi) is 5.12. The van der Waals surface area contributed by atoms with E-state index in [9.17, 15) is 9.59 Å². The molecule has 0 aliphatic heterocycles. The number of carbonyl (C=O) groups is 1. The summed E-state index contributed by atoms with van der Waals surface area (Å²) in [6.45, 7) is 8.32. The van der Waals surface area contributed by atoms with Gasteiger partial charge in [-0.2, -0.15) is 0 Å². The van der Waals surface area contributed by atoms with Gasteiger partial charge in [0.1, 0.15) is 11.4 Å². The van der Waals surface area contributed by atoms with E-state index in [1.807, 2.05) is 45.9 Å². The molecule has 2 rings (SSSR count). The maximum atomic E-state index is 12.3. The Morgan fingerprint density at radius 2 is 1.92 bits per heavy atom. The van der Waals surface area contributed by atoms with Crippen LogP contribution < -0.4 is 15.6 Å². The second-order valence-electron chi connectivity index (χ2n) is 6.88. The van der Waals surface area contributed by atoms with Crippen molar-refractivity contribution in [2.75, 3.05) is 0 Å². The number of hydrogen-bond donors (Lipinski definition) is 1. The number of aromatic nitrogens is 1. The quantitative estimate of drug-likeness (QED) is 0.939. The maximum absolute atomic E-state index is 12.3. The van der Waals surface area contributed by atoms with Gasteiger partial charge in [0, 0.05) is 31.4 Å². The number of benzene rings is 1. The Balaban J connectivity index is 2.15. The van der Waals surface area contributed by atoms with Crippen molar-refractivity contribution in [2.24, 2.45) is 7.05 Å². The molecule has 0 bridgehead atoms. The first-order valence-corrected chi connectivity index (χ1v) is 7.89. The minimum Gasteiger partial charge on any atom is -0.488 e. The number of carbonyl (C=O) groups excluding carboxylic acids is 1. The zero-order valence-electron chi connectivity index (χ0n) is 14.8. The lowest BCUT2D eigenvalue weighted by atomic mass is 10.1. The van der Waals surface area contributed by atoms with Gasteiger partial charge < -0.3 is 14.6 Å². The lowest BCUT2D eigenvalue weighted by molar-refractivity contribution is 0.0948. The third-order valence-corrected chi connectivity index (χ3v) is 3.43. The van der Waals surface area contributed by atoms with E-state index < -0.39 is 0 Å². The predicted molar refractivity (Wildman–Crippen MR) is 94.4 cm³/mol.